The maximum atomic E-state index is 13.7. The molecule has 4 heterocycles. The van der Waals surface area contributed by atoms with Crippen LogP contribution in [0.4, 0.5) is 15.3 Å². The van der Waals surface area contributed by atoms with Crippen LogP contribution in [0, 0.1) is 5.92 Å². The van der Waals surface area contributed by atoms with Gasteiger partial charge in [0.25, 0.3) is 11.8 Å². The fraction of sp³-hybridized carbons (Fsp3) is 0.485. The highest BCUT2D eigenvalue weighted by Crippen LogP contribution is 2.55. The fourth-order valence-corrected chi connectivity index (χ4v) is 8.32. The van der Waals surface area contributed by atoms with E-state index in [1.54, 1.807) is 49.9 Å². The highest BCUT2D eigenvalue weighted by atomic mass is 32.3. The van der Waals surface area contributed by atoms with E-state index in [1.165, 1.54) is 4.90 Å². The second-order valence-corrected chi connectivity index (χ2v) is 16.0. The zero-order valence-electron chi connectivity index (χ0n) is 27.2. The summed E-state index contributed by atoms with van der Waals surface area (Å²) in [6, 6.07) is 12.6. The lowest BCUT2D eigenvalue weighted by Gasteiger charge is -2.43. The Morgan fingerprint density at radius 3 is 2.33 bits per heavy atom. The molecule has 2 unspecified atom stereocenters. The normalized spacial score (nSPS) is 24.5. The van der Waals surface area contributed by atoms with Crippen LogP contribution >= 0.6 is 10.6 Å². The molecule has 3 fully saturated rings. The van der Waals surface area contributed by atoms with Crippen LogP contribution in [0.25, 0.3) is 0 Å². The van der Waals surface area contributed by atoms with Gasteiger partial charge in [-0.3, -0.25) is 28.8 Å². The van der Waals surface area contributed by atoms with Crippen molar-refractivity contribution in [2.24, 2.45) is 5.92 Å². The molecule has 5 N–H and O–H groups in total. The van der Waals surface area contributed by atoms with Crippen LogP contribution in [0.1, 0.15) is 49.5 Å². The molecule has 14 nitrogen and oxygen atoms in total. The van der Waals surface area contributed by atoms with Crippen molar-refractivity contribution in [3.63, 3.8) is 0 Å². The summed E-state index contributed by atoms with van der Waals surface area (Å²) in [6.07, 6.45) is 0.426. The van der Waals surface area contributed by atoms with Gasteiger partial charge < -0.3 is 30.1 Å². The van der Waals surface area contributed by atoms with Gasteiger partial charge in [-0.15, -0.1) is 0 Å². The lowest BCUT2D eigenvalue weighted by molar-refractivity contribution is -0.136. The number of ether oxygens (including phenoxy) is 1. The summed E-state index contributed by atoms with van der Waals surface area (Å²) in [7, 11) is -2.83. The number of amides is 6. The summed E-state index contributed by atoms with van der Waals surface area (Å²) in [6.45, 7) is 6.99. The van der Waals surface area contributed by atoms with Crippen LogP contribution in [-0.4, -0.2) is 104 Å². The van der Waals surface area contributed by atoms with E-state index < -0.39 is 51.7 Å². The molecular formula is C33H42N6O8S. The molecule has 4 aliphatic rings. The van der Waals surface area contributed by atoms with E-state index in [9.17, 15) is 33.1 Å². The van der Waals surface area contributed by atoms with Crippen LogP contribution in [0.5, 0.6) is 0 Å². The molecule has 2 atom stereocenters. The number of piperidine rings is 1. The molecule has 2 aromatic carbocycles. The number of likely N-dealkylation sites (tertiary alicyclic amines) is 2. The molecule has 48 heavy (non-hydrogen) atoms. The van der Waals surface area contributed by atoms with Gasteiger partial charge in [-0.25, -0.2) is 9.59 Å². The van der Waals surface area contributed by atoms with Crippen molar-refractivity contribution < 1.29 is 37.8 Å². The molecule has 0 aromatic heterocycles. The maximum Gasteiger partial charge on any atom is 0.410 e. The molecule has 6 rings (SSSR count). The number of carbonyl (C=O) groups is 5. The predicted octanol–water partition coefficient (Wildman–Crippen LogP) is 2.98. The first-order valence-corrected chi connectivity index (χ1v) is 17.8. The highest BCUT2D eigenvalue weighted by Gasteiger charge is 2.59. The minimum absolute atomic E-state index is 0.0240. The minimum atomic E-state index is -2.83. The van der Waals surface area contributed by atoms with Crippen molar-refractivity contribution in [2.45, 2.75) is 62.2 Å². The number of imide groups is 1. The third kappa shape index (κ3) is 6.66. The summed E-state index contributed by atoms with van der Waals surface area (Å²) < 4.78 is 26.4. The number of fused-ring (bicyclic) bond motifs is 1. The van der Waals surface area contributed by atoms with Gasteiger partial charge in [0.1, 0.15) is 5.60 Å². The van der Waals surface area contributed by atoms with Crippen LogP contribution in [0.15, 0.2) is 53.4 Å². The first kappa shape index (κ1) is 33.6. The molecule has 1 spiro atoms. The number of carbonyl (C=O) groups excluding carboxylic acids is 5. The number of urea groups is 1. The Labute approximate surface area is 280 Å². The van der Waals surface area contributed by atoms with Gasteiger partial charge >= 0.3 is 12.1 Å². The SMILES string of the molecule is CC(C)(C)OC(=O)N1CCC(C(=O)N2CC(NC(=O)c3ccc(CN4CCS(O)(O)c5ccccc54)cc3)C3(C2)NC(=O)NC3=O)CC1. The second-order valence-electron chi connectivity index (χ2n) is 13.8. The molecule has 0 bridgehead atoms. The van der Waals surface area contributed by atoms with Crippen LogP contribution in [0.3, 0.4) is 0 Å². The Kier molecular flexibility index (Phi) is 8.81. The molecule has 6 amide bonds. The van der Waals surface area contributed by atoms with Crippen molar-refractivity contribution in [3.8, 4) is 0 Å². The molecule has 15 heteroatoms. The molecule has 0 aliphatic carbocycles. The predicted molar refractivity (Wildman–Crippen MR) is 178 cm³/mol. The van der Waals surface area contributed by atoms with E-state index in [0.29, 0.717) is 49.5 Å². The van der Waals surface area contributed by atoms with Crippen molar-refractivity contribution >= 4 is 46.1 Å². The summed E-state index contributed by atoms with van der Waals surface area (Å²) in [4.78, 5) is 70.7. The molecule has 2 aromatic rings. The van der Waals surface area contributed by atoms with Gasteiger partial charge in [-0.05, 0) is 63.4 Å². The average Bonchev–Trinajstić information content (AvgIpc) is 3.54. The first-order chi connectivity index (χ1) is 22.6. The zero-order chi connectivity index (χ0) is 34.4. The van der Waals surface area contributed by atoms with E-state index >= 15 is 0 Å². The number of nitrogens with one attached hydrogen (secondary N) is 3. The fourth-order valence-electron chi connectivity index (χ4n) is 6.79. The van der Waals surface area contributed by atoms with Crippen molar-refractivity contribution in [3.05, 3.63) is 59.7 Å². The number of benzene rings is 2. The monoisotopic (exact) mass is 682 g/mol. The third-order valence-electron chi connectivity index (χ3n) is 9.31. The Morgan fingerprint density at radius 1 is 1.00 bits per heavy atom. The molecule has 258 valence electrons. The first-order valence-electron chi connectivity index (χ1n) is 16.1. The van der Waals surface area contributed by atoms with Crippen LogP contribution < -0.4 is 20.9 Å². The van der Waals surface area contributed by atoms with Crippen molar-refractivity contribution in [1.29, 1.82) is 0 Å². The topological polar surface area (TPSA) is 181 Å². The van der Waals surface area contributed by atoms with Crippen molar-refractivity contribution in [2.75, 3.05) is 43.4 Å². The smallest absolute Gasteiger partial charge is 0.410 e. The lowest BCUT2D eigenvalue weighted by atomic mass is 9.93. The van der Waals surface area contributed by atoms with Gasteiger partial charge in [0.15, 0.2) is 5.54 Å². The number of hydrogen-bond donors (Lipinski definition) is 5. The zero-order valence-corrected chi connectivity index (χ0v) is 28.0. The Balaban J connectivity index is 1.10. The Hall–Kier alpha value is -4.34. The number of para-hydroxylation sites is 1. The van der Waals surface area contributed by atoms with E-state index in [0.717, 1.165) is 11.3 Å². The van der Waals surface area contributed by atoms with Gasteiger partial charge in [-0.2, -0.15) is 10.6 Å². The van der Waals surface area contributed by atoms with E-state index in [4.69, 9.17) is 4.74 Å². The molecule has 3 saturated heterocycles. The van der Waals surface area contributed by atoms with Gasteiger partial charge in [-0.1, -0.05) is 24.3 Å². The Morgan fingerprint density at radius 2 is 1.69 bits per heavy atom. The average molecular weight is 683 g/mol. The van der Waals surface area contributed by atoms with Crippen LogP contribution in [-0.2, 0) is 20.9 Å². The van der Waals surface area contributed by atoms with E-state index in [1.807, 2.05) is 24.3 Å². The van der Waals surface area contributed by atoms with E-state index in [-0.39, 0.29) is 30.7 Å². The minimum Gasteiger partial charge on any atom is -0.444 e. The number of rotatable bonds is 5. The second kappa shape index (κ2) is 12.6. The summed E-state index contributed by atoms with van der Waals surface area (Å²) >= 11 is 0. The maximum absolute atomic E-state index is 13.7. The summed E-state index contributed by atoms with van der Waals surface area (Å²) in [5.74, 6) is -1.42. The van der Waals surface area contributed by atoms with Crippen LogP contribution in [0.2, 0.25) is 0 Å². The Bertz CT molecular complexity index is 1620. The lowest BCUT2D eigenvalue weighted by Crippen LogP contribution is -2.62. The molecule has 0 radical (unpaired) electrons. The largest absolute Gasteiger partial charge is 0.444 e. The number of anilines is 1. The summed E-state index contributed by atoms with van der Waals surface area (Å²) in [5, 5.41) is 7.82. The van der Waals surface area contributed by atoms with E-state index in [2.05, 4.69) is 20.9 Å². The summed E-state index contributed by atoms with van der Waals surface area (Å²) in [5.41, 5.74) is -0.127. The molecule has 0 saturated carbocycles. The highest BCUT2D eigenvalue weighted by molar-refractivity contribution is 8.24. The molecular weight excluding hydrogens is 640 g/mol. The van der Waals surface area contributed by atoms with Crippen molar-refractivity contribution in [1.82, 2.24) is 25.8 Å². The quantitative estimate of drug-likeness (QED) is 0.296. The van der Waals surface area contributed by atoms with Gasteiger partial charge in [0, 0.05) is 44.2 Å². The third-order valence-corrected chi connectivity index (χ3v) is 11.1. The van der Waals surface area contributed by atoms with Gasteiger partial charge in [0.2, 0.25) is 5.91 Å². The standard InChI is InChI=1S/C33H42N6O8S/c1-32(2,3)47-31(44)37-14-12-23(13-15-37)28(41)39-19-26(33(20-39)29(42)35-30(43)36-33)34-27(40)22-10-8-21(9-11-22)18-38-16-17-48(45,46)25-7-5-4-6-24(25)38/h4-11,23,26,45-46H,12-20H2,1-3H3,(H,34,40)(H2,35,36,42,43). The number of nitrogens with zero attached hydrogens (tertiary/aromatic N) is 3. The molecule has 4 aliphatic heterocycles. The van der Waals surface area contributed by atoms with Gasteiger partial charge in [0.05, 0.1) is 28.9 Å². The number of hydrogen-bond acceptors (Lipinski definition) is 9.